The minimum atomic E-state index is 0.920. The number of nitrogens with zero attached hydrogens (tertiary/aromatic N) is 1. The van der Waals surface area contributed by atoms with E-state index < -0.39 is 0 Å². The highest BCUT2D eigenvalue weighted by Crippen LogP contribution is 1.96. The van der Waals surface area contributed by atoms with Crippen LogP contribution in [0.2, 0.25) is 0 Å². The van der Waals surface area contributed by atoms with Crippen molar-refractivity contribution >= 4 is 6.34 Å². The molecule has 0 rings (SSSR count). The highest BCUT2D eigenvalue weighted by atomic mass is 14.8. The lowest BCUT2D eigenvalue weighted by atomic mass is 10.3. The standard InChI is InChI=1S/C8H14N2/c1-7(2)4-5-8(3)10-6-9/h4-6H,1-3H3,(H2,9,10)/b8-5-. The lowest BCUT2D eigenvalue weighted by Crippen LogP contribution is -1.87. The molecule has 2 heteroatoms. The summed E-state index contributed by atoms with van der Waals surface area (Å²) in [5.41, 5.74) is 7.26. The molecule has 0 saturated heterocycles. The Kier molecular flexibility index (Phi) is 4.29. The SMILES string of the molecule is CC(C)=C/C=C(C)\N=C/N. The fourth-order valence-electron chi connectivity index (χ4n) is 0.448. The van der Waals surface area contributed by atoms with Crippen molar-refractivity contribution in [1.29, 1.82) is 0 Å². The number of hydrogen-bond acceptors (Lipinski definition) is 1. The lowest BCUT2D eigenvalue weighted by molar-refractivity contribution is 1.29. The molecule has 0 unspecified atom stereocenters. The Bertz CT molecular complexity index is 172. The summed E-state index contributed by atoms with van der Waals surface area (Å²) >= 11 is 0. The van der Waals surface area contributed by atoms with Gasteiger partial charge < -0.3 is 5.73 Å². The molecule has 0 saturated carbocycles. The molecule has 0 aromatic carbocycles. The Morgan fingerprint density at radius 1 is 1.20 bits per heavy atom. The molecule has 0 aromatic heterocycles. The van der Waals surface area contributed by atoms with E-state index in [2.05, 4.69) is 4.99 Å². The minimum absolute atomic E-state index is 0.920. The quantitative estimate of drug-likeness (QED) is 0.353. The summed E-state index contributed by atoms with van der Waals surface area (Å²) in [5.74, 6) is 0. The monoisotopic (exact) mass is 138 g/mol. The van der Waals surface area contributed by atoms with E-state index in [1.165, 1.54) is 11.9 Å². The van der Waals surface area contributed by atoms with Gasteiger partial charge in [-0.1, -0.05) is 11.6 Å². The molecule has 0 aliphatic rings. The van der Waals surface area contributed by atoms with Crippen LogP contribution in [0, 0.1) is 0 Å². The molecule has 0 amide bonds. The zero-order valence-corrected chi connectivity index (χ0v) is 6.76. The average molecular weight is 138 g/mol. The molecule has 0 aliphatic heterocycles. The molecular weight excluding hydrogens is 124 g/mol. The largest absolute Gasteiger partial charge is 0.390 e. The van der Waals surface area contributed by atoms with Gasteiger partial charge in [0.25, 0.3) is 0 Å². The van der Waals surface area contributed by atoms with E-state index in [-0.39, 0.29) is 0 Å². The van der Waals surface area contributed by atoms with Crippen LogP contribution in [0.25, 0.3) is 0 Å². The van der Waals surface area contributed by atoms with Crippen LogP contribution >= 0.6 is 0 Å². The number of allylic oxidation sites excluding steroid dienone is 4. The van der Waals surface area contributed by atoms with Crippen molar-refractivity contribution in [3.05, 3.63) is 23.4 Å². The molecule has 2 nitrogen and oxygen atoms in total. The van der Waals surface area contributed by atoms with Crippen molar-refractivity contribution in [2.24, 2.45) is 10.7 Å². The fraction of sp³-hybridized carbons (Fsp3) is 0.375. The van der Waals surface area contributed by atoms with E-state index >= 15 is 0 Å². The van der Waals surface area contributed by atoms with E-state index in [0.29, 0.717) is 0 Å². The first-order valence-corrected chi connectivity index (χ1v) is 3.23. The molecule has 0 fully saturated rings. The van der Waals surface area contributed by atoms with Gasteiger partial charge >= 0.3 is 0 Å². The van der Waals surface area contributed by atoms with Gasteiger partial charge in [0.2, 0.25) is 0 Å². The summed E-state index contributed by atoms with van der Waals surface area (Å²) in [5, 5.41) is 0. The van der Waals surface area contributed by atoms with E-state index in [1.807, 2.05) is 32.9 Å². The van der Waals surface area contributed by atoms with E-state index in [4.69, 9.17) is 5.73 Å². The van der Waals surface area contributed by atoms with Crippen molar-refractivity contribution in [1.82, 2.24) is 0 Å². The summed E-state index contributed by atoms with van der Waals surface area (Å²) in [7, 11) is 0. The molecule has 0 spiro atoms. The normalized spacial score (nSPS) is 12.1. The first kappa shape index (κ1) is 8.95. The van der Waals surface area contributed by atoms with E-state index in [0.717, 1.165) is 5.70 Å². The molecule has 56 valence electrons. The van der Waals surface area contributed by atoms with Crippen LogP contribution in [0.5, 0.6) is 0 Å². The first-order valence-electron chi connectivity index (χ1n) is 3.23. The van der Waals surface area contributed by atoms with Gasteiger partial charge in [0.05, 0.1) is 6.34 Å². The van der Waals surface area contributed by atoms with Gasteiger partial charge in [-0.15, -0.1) is 0 Å². The maximum atomic E-state index is 5.08. The summed E-state index contributed by atoms with van der Waals surface area (Å²) < 4.78 is 0. The van der Waals surface area contributed by atoms with Gasteiger partial charge in [0.1, 0.15) is 0 Å². The summed E-state index contributed by atoms with van der Waals surface area (Å²) in [4.78, 5) is 3.87. The predicted octanol–water partition coefficient (Wildman–Crippen LogP) is 1.84. The van der Waals surface area contributed by atoms with Crippen LogP contribution in [0.15, 0.2) is 28.4 Å². The third-order valence-corrected chi connectivity index (χ3v) is 0.936. The van der Waals surface area contributed by atoms with Gasteiger partial charge in [0.15, 0.2) is 0 Å². The van der Waals surface area contributed by atoms with Gasteiger partial charge in [-0.05, 0) is 26.8 Å². The van der Waals surface area contributed by atoms with Gasteiger partial charge in [-0.3, -0.25) is 0 Å². The lowest BCUT2D eigenvalue weighted by Gasteiger charge is -1.87. The van der Waals surface area contributed by atoms with E-state index in [9.17, 15) is 0 Å². The highest BCUT2D eigenvalue weighted by molar-refractivity contribution is 5.53. The number of nitrogens with two attached hydrogens (primary N) is 1. The van der Waals surface area contributed by atoms with Gasteiger partial charge in [0, 0.05) is 5.70 Å². The molecule has 0 atom stereocenters. The Hall–Kier alpha value is -1.05. The topological polar surface area (TPSA) is 38.4 Å². The van der Waals surface area contributed by atoms with E-state index in [1.54, 1.807) is 0 Å². The predicted molar refractivity (Wildman–Crippen MR) is 45.9 cm³/mol. The number of hydrogen-bond donors (Lipinski definition) is 1. The zero-order chi connectivity index (χ0) is 7.98. The second-order valence-corrected chi connectivity index (χ2v) is 2.33. The molecule has 2 N–H and O–H groups in total. The van der Waals surface area contributed by atoms with Gasteiger partial charge in [-0.25, -0.2) is 4.99 Å². The number of aliphatic imine (C=N–C) groups is 1. The van der Waals surface area contributed by atoms with Crippen molar-refractivity contribution in [3.8, 4) is 0 Å². The molecule has 0 aromatic rings. The maximum Gasteiger partial charge on any atom is 0.0856 e. The second-order valence-electron chi connectivity index (χ2n) is 2.33. The van der Waals surface area contributed by atoms with Gasteiger partial charge in [-0.2, -0.15) is 0 Å². The second kappa shape index (κ2) is 4.79. The van der Waals surface area contributed by atoms with Crippen LogP contribution < -0.4 is 5.73 Å². The van der Waals surface area contributed by atoms with Crippen molar-refractivity contribution in [2.45, 2.75) is 20.8 Å². The summed E-state index contributed by atoms with van der Waals surface area (Å²) in [6.45, 7) is 5.98. The fourth-order valence-corrected chi connectivity index (χ4v) is 0.448. The summed E-state index contributed by atoms with van der Waals surface area (Å²) in [6, 6.07) is 0. The molecule has 10 heavy (non-hydrogen) atoms. The maximum absolute atomic E-state index is 5.08. The van der Waals surface area contributed by atoms with Crippen molar-refractivity contribution < 1.29 is 0 Å². The van der Waals surface area contributed by atoms with Crippen LogP contribution in [-0.2, 0) is 0 Å². The Labute approximate surface area is 62.1 Å². The van der Waals surface area contributed by atoms with Crippen LogP contribution in [0.1, 0.15) is 20.8 Å². The Balaban J connectivity index is 4.05. The Morgan fingerprint density at radius 2 is 1.80 bits per heavy atom. The molecule has 0 bridgehead atoms. The number of rotatable bonds is 2. The van der Waals surface area contributed by atoms with Crippen LogP contribution in [-0.4, -0.2) is 6.34 Å². The molecular formula is C8H14N2. The molecule has 0 heterocycles. The van der Waals surface area contributed by atoms with Crippen molar-refractivity contribution in [3.63, 3.8) is 0 Å². The zero-order valence-electron chi connectivity index (χ0n) is 6.76. The first-order chi connectivity index (χ1) is 4.66. The molecule has 0 aliphatic carbocycles. The smallest absolute Gasteiger partial charge is 0.0856 e. The average Bonchev–Trinajstić information content (AvgIpc) is 1.85. The highest BCUT2D eigenvalue weighted by Gasteiger charge is 1.77. The minimum Gasteiger partial charge on any atom is -0.390 e. The van der Waals surface area contributed by atoms with Crippen LogP contribution in [0.4, 0.5) is 0 Å². The van der Waals surface area contributed by atoms with Crippen LogP contribution in [0.3, 0.4) is 0 Å². The summed E-state index contributed by atoms with van der Waals surface area (Å²) in [6.07, 6.45) is 5.23. The third-order valence-electron chi connectivity index (χ3n) is 0.936. The molecule has 0 radical (unpaired) electrons. The van der Waals surface area contributed by atoms with Crippen molar-refractivity contribution in [2.75, 3.05) is 0 Å². The Morgan fingerprint density at radius 3 is 2.20 bits per heavy atom. The third kappa shape index (κ3) is 5.09.